The molecule has 1 aliphatic carbocycles. The van der Waals surface area contributed by atoms with Crippen molar-refractivity contribution in [1.82, 2.24) is 9.78 Å². The number of aryl methyl sites for hydroxylation is 1. The van der Waals surface area contributed by atoms with Crippen molar-refractivity contribution in [2.45, 2.75) is 50.9 Å². The maximum absolute atomic E-state index is 12.6. The normalized spacial score (nSPS) is 17.3. The van der Waals surface area contributed by atoms with Crippen LogP contribution in [-0.2, 0) is 11.2 Å². The molecule has 2 heterocycles. The van der Waals surface area contributed by atoms with Crippen molar-refractivity contribution >= 4 is 17.4 Å². The monoisotopic (exact) mass is 408 g/mol. The lowest BCUT2D eigenvalue weighted by atomic mass is 10.0. The zero-order chi connectivity index (χ0) is 20.4. The second-order valence-electron chi connectivity index (χ2n) is 7.51. The highest BCUT2D eigenvalue weighted by Gasteiger charge is 2.31. The SMILES string of the molecule is O=C(CN1CCCc2cc(OC(F)(F)F)ccc21)Nc1ccnn1C1CCCC1. The highest BCUT2D eigenvalue weighted by Crippen LogP contribution is 2.33. The first-order valence-electron chi connectivity index (χ1n) is 9.86. The third-order valence-electron chi connectivity index (χ3n) is 5.44. The summed E-state index contributed by atoms with van der Waals surface area (Å²) < 4.78 is 43.3. The van der Waals surface area contributed by atoms with Gasteiger partial charge in [-0.2, -0.15) is 5.10 Å². The fourth-order valence-electron chi connectivity index (χ4n) is 4.22. The van der Waals surface area contributed by atoms with Crippen molar-refractivity contribution < 1.29 is 22.7 Å². The molecule has 2 aromatic rings. The summed E-state index contributed by atoms with van der Waals surface area (Å²) in [6.07, 6.45) is 2.84. The number of anilines is 2. The van der Waals surface area contributed by atoms with Crippen LogP contribution in [0.25, 0.3) is 0 Å². The molecule has 1 fully saturated rings. The Morgan fingerprint density at radius 2 is 2.00 bits per heavy atom. The van der Waals surface area contributed by atoms with Gasteiger partial charge >= 0.3 is 6.36 Å². The quantitative estimate of drug-likeness (QED) is 0.802. The first kappa shape index (κ1) is 19.6. The molecule has 1 saturated carbocycles. The number of alkyl halides is 3. The van der Waals surface area contributed by atoms with Crippen LogP contribution in [0.1, 0.15) is 43.7 Å². The third-order valence-corrected chi connectivity index (χ3v) is 5.44. The van der Waals surface area contributed by atoms with Crippen LogP contribution in [0.15, 0.2) is 30.5 Å². The maximum atomic E-state index is 12.6. The van der Waals surface area contributed by atoms with E-state index in [1.807, 2.05) is 9.58 Å². The van der Waals surface area contributed by atoms with Gasteiger partial charge in [0.05, 0.1) is 18.8 Å². The Bertz CT molecular complexity index is 875. The van der Waals surface area contributed by atoms with Gasteiger partial charge in [-0.25, -0.2) is 4.68 Å². The number of nitrogens with one attached hydrogen (secondary N) is 1. The van der Waals surface area contributed by atoms with Crippen molar-refractivity contribution in [3.05, 3.63) is 36.0 Å². The zero-order valence-electron chi connectivity index (χ0n) is 15.9. The Morgan fingerprint density at radius 3 is 2.76 bits per heavy atom. The van der Waals surface area contributed by atoms with Crippen LogP contribution in [0.4, 0.5) is 24.7 Å². The summed E-state index contributed by atoms with van der Waals surface area (Å²) in [5, 5.41) is 7.29. The molecule has 1 aromatic heterocycles. The van der Waals surface area contributed by atoms with Gasteiger partial charge in [0.25, 0.3) is 0 Å². The maximum Gasteiger partial charge on any atom is 0.573 e. The first-order valence-corrected chi connectivity index (χ1v) is 9.86. The molecule has 0 unspecified atom stereocenters. The number of fused-ring (bicyclic) bond motifs is 1. The van der Waals surface area contributed by atoms with E-state index in [2.05, 4.69) is 15.2 Å². The second kappa shape index (κ2) is 7.96. The fourth-order valence-corrected chi connectivity index (χ4v) is 4.22. The topological polar surface area (TPSA) is 59.4 Å². The minimum absolute atomic E-state index is 0.127. The van der Waals surface area contributed by atoms with Gasteiger partial charge in [0.2, 0.25) is 5.91 Å². The van der Waals surface area contributed by atoms with E-state index in [9.17, 15) is 18.0 Å². The zero-order valence-corrected chi connectivity index (χ0v) is 15.9. The van der Waals surface area contributed by atoms with Gasteiger partial charge in [0, 0.05) is 18.3 Å². The van der Waals surface area contributed by atoms with Crippen molar-refractivity contribution in [1.29, 1.82) is 0 Å². The molecule has 2 aliphatic rings. The van der Waals surface area contributed by atoms with Crippen LogP contribution in [0.3, 0.4) is 0 Å². The number of rotatable bonds is 5. The molecule has 0 saturated heterocycles. The van der Waals surface area contributed by atoms with E-state index in [1.54, 1.807) is 18.3 Å². The third kappa shape index (κ3) is 4.65. The Hall–Kier alpha value is -2.71. The smallest absolute Gasteiger partial charge is 0.406 e. The fraction of sp³-hybridized carbons (Fsp3) is 0.500. The number of ether oxygens (including phenoxy) is 1. The Kier molecular flexibility index (Phi) is 5.38. The van der Waals surface area contributed by atoms with Gasteiger partial charge in [-0.15, -0.1) is 13.2 Å². The summed E-state index contributed by atoms with van der Waals surface area (Å²) in [7, 11) is 0. The number of aromatic nitrogens is 2. The molecule has 29 heavy (non-hydrogen) atoms. The number of hydrogen-bond acceptors (Lipinski definition) is 4. The van der Waals surface area contributed by atoms with Crippen LogP contribution in [0.5, 0.6) is 5.75 Å². The first-order chi connectivity index (χ1) is 13.9. The Balaban J connectivity index is 1.43. The molecule has 0 radical (unpaired) electrons. The van der Waals surface area contributed by atoms with Gasteiger partial charge in [-0.3, -0.25) is 4.79 Å². The number of amides is 1. The molecule has 156 valence electrons. The molecule has 4 rings (SSSR count). The van der Waals surface area contributed by atoms with E-state index in [0.29, 0.717) is 24.8 Å². The molecule has 1 aromatic carbocycles. The minimum Gasteiger partial charge on any atom is -0.406 e. The van der Waals surface area contributed by atoms with E-state index < -0.39 is 6.36 Å². The molecular formula is C20H23F3N4O2. The lowest BCUT2D eigenvalue weighted by molar-refractivity contribution is -0.274. The van der Waals surface area contributed by atoms with Crippen LogP contribution < -0.4 is 15.0 Å². The van der Waals surface area contributed by atoms with E-state index in [1.165, 1.54) is 25.0 Å². The molecule has 0 spiro atoms. The predicted octanol–water partition coefficient (Wildman–Crippen LogP) is 4.29. The number of hydrogen-bond donors (Lipinski definition) is 1. The number of carbonyl (C=O) groups excluding carboxylic acids is 1. The lowest BCUT2D eigenvalue weighted by Gasteiger charge is -2.31. The van der Waals surface area contributed by atoms with Crippen LogP contribution in [-0.4, -0.2) is 35.1 Å². The number of carbonyl (C=O) groups is 1. The van der Waals surface area contributed by atoms with E-state index in [0.717, 1.165) is 30.5 Å². The van der Waals surface area contributed by atoms with Gasteiger partial charge < -0.3 is 15.0 Å². The number of halogens is 3. The number of nitrogens with zero attached hydrogens (tertiary/aromatic N) is 3. The van der Waals surface area contributed by atoms with Crippen LogP contribution in [0, 0.1) is 0 Å². The van der Waals surface area contributed by atoms with Crippen LogP contribution in [0.2, 0.25) is 0 Å². The average Bonchev–Trinajstić information content (AvgIpc) is 3.31. The Morgan fingerprint density at radius 1 is 1.21 bits per heavy atom. The lowest BCUT2D eigenvalue weighted by Crippen LogP contribution is -2.37. The second-order valence-corrected chi connectivity index (χ2v) is 7.51. The number of benzene rings is 1. The minimum atomic E-state index is -4.72. The largest absolute Gasteiger partial charge is 0.573 e. The molecule has 1 aliphatic heterocycles. The summed E-state index contributed by atoms with van der Waals surface area (Å²) in [4.78, 5) is 14.5. The van der Waals surface area contributed by atoms with E-state index >= 15 is 0 Å². The molecule has 1 N–H and O–H groups in total. The standard InChI is InChI=1S/C20H23F3N4O2/c21-20(22,23)29-16-7-8-17-14(12-16)4-3-11-26(17)13-19(28)25-18-9-10-24-27(18)15-5-1-2-6-15/h7-10,12,15H,1-6,11,13H2,(H,25,28). The summed E-state index contributed by atoms with van der Waals surface area (Å²) >= 11 is 0. The highest BCUT2D eigenvalue weighted by atomic mass is 19.4. The predicted molar refractivity (Wildman–Crippen MR) is 102 cm³/mol. The van der Waals surface area contributed by atoms with Crippen molar-refractivity contribution in [3.8, 4) is 5.75 Å². The van der Waals surface area contributed by atoms with E-state index in [4.69, 9.17) is 0 Å². The summed E-state index contributed by atoms with van der Waals surface area (Å²) in [5.41, 5.74) is 1.52. The van der Waals surface area contributed by atoms with Crippen molar-refractivity contribution in [2.75, 3.05) is 23.3 Å². The van der Waals surface area contributed by atoms with E-state index in [-0.39, 0.29) is 18.2 Å². The summed E-state index contributed by atoms with van der Waals surface area (Å²) in [6, 6.07) is 6.40. The van der Waals surface area contributed by atoms with Gasteiger partial charge in [0.1, 0.15) is 11.6 Å². The highest BCUT2D eigenvalue weighted by molar-refractivity contribution is 5.93. The molecule has 0 atom stereocenters. The molecule has 6 nitrogen and oxygen atoms in total. The molecule has 9 heteroatoms. The Labute approximate surface area is 166 Å². The van der Waals surface area contributed by atoms with Gasteiger partial charge in [0.15, 0.2) is 0 Å². The van der Waals surface area contributed by atoms with Gasteiger partial charge in [-0.05, 0) is 49.4 Å². The molecule has 0 bridgehead atoms. The van der Waals surface area contributed by atoms with Crippen molar-refractivity contribution in [3.63, 3.8) is 0 Å². The molecule has 1 amide bonds. The molecular weight excluding hydrogens is 385 g/mol. The summed E-state index contributed by atoms with van der Waals surface area (Å²) in [5.74, 6) is 0.282. The van der Waals surface area contributed by atoms with Crippen molar-refractivity contribution in [2.24, 2.45) is 0 Å². The summed E-state index contributed by atoms with van der Waals surface area (Å²) in [6.45, 7) is 0.796. The van der Waals surface area contributed by atoms with Gasteiger partial charge in [-0.1, -0.05) is 12.8 Å². The van der Waals surface area contributed by atoms with Crippen LogP contribution >= 0.6 is 0 Å². The average molecular weight is 408 g/mol.